The van der Waals surface area contributed by atoms with Crippen molar-refractivity contribution < 1.29 is 14.6 Å². The number of nitrogens with zero attached hydrogens (tertiary/aromatic N) is 3. The molecule has 0 saturated carbocycles. The fourth-order valence-electron chi connectivity index (χ4n) is 3.08. The molecule has 0 saturated heterocycles. The Morgan fingerprint density at radius 3 is 2.67 bits per heavy atom. The zero-order valence-corrected chi connectivity index (χ0v) is 15.5. The molecule has 0 fully saturated rings. The summed E-state index contributed by atoms with van der Waals surface area (Å²) in [5.74, 6) is 0.349. The van der Waals surface area contributed by atoms with E-state index in [2.05, 4.69) is 20.2 Å². The average Bonchev–Trinajstić information content (AvgIpc) is 2.66. The Morgan fingerprint density at radius 1 is 1.19 bits per heavy atom. The van der Waals surface area contributed by atoms with Crippen LogP contribution in [0.4, 0.5) is 5.82 Å². The van der Waals surface area contributed by atoms with Crippen LogP contribution in [-0.4, -0.2) is 53.7 Å². The summed E-state index contributed by atoms with van der Waals surface area (Å²) in [6.07, 6.45) is 1.38. The number of hydrogen-bond acceptors (Lipinski definition) is 6. The van der Waals surface area contributed by atoms with E-state index < -0.39 is 5.97 Å². The fourth-order valence-corrected chi connectivity index (χ4v) is 3.08. The summed E-state index contributed by atoms with van der Waals surface area (Å²) in [6.45, 7) is 0.699. The molecule has 2 N–H and O–H groups in total. The van der Waals surface area contributed by atoms with Gasteiger partial charge in [-0.3, -0.25) is 0 Å². The highest BCUT2D eigenvalue weighted by molar-refractivity contribution is 6.04. The molecule has 0 radical (unpaired) electrons. The maximum absolute atomic E-state index is 11.5. The number of para-hydroxylation sites is 2. The summed E-state index contributed by atoms with van der Waals surface area (Å²) < 4.78 is 5.51. The standard InChI is InChI=1S/C20H22N4O3/c1-24(2)11-16(13-7-4-5-10-17(13)27-3)23-19-14-8-6-9-15(20(25)26)18(14)21-12-22-19/h4-10,12,16H,11H2,1-3H3,(H,25,26)(H,21,22,23). The first-order valence-corrected chi connectivity index (χ1v) is 8.52. The zero-order chi connectivity index (χ0) is 19.4. The number of fused-ring (bicyclic) bond motifs is 1. The number of nitrogens with one attached hydrogen (secondary N) is 1. The normalized spacial score (nSPS) is 12.1. The van der Waals surface area contributed by atoms with Crippen molar-refractivity contribution in [1.29, 1.82) is 0 Å². The summed E-state index contributed by atoms with van der Waals surface area (Å²) >= 11 is 0. The Morgan fingerprint density at radius 2 is 1.96 bits per heavy atom. The third-order valence-corrected chi connectivity index (χ3v) is 4.27. The molecule has 0 bridgehead atoms. The number of methoxy groups -OCH3 is 1. The minimum atomic E-state index is -1.01. The highest BCUT2D eigenvalue weighted by Gasteiger charge is 2.19. The lowest BCUT2D eigenvalue weighted by Gasteiger charge is -2.25. The maximum atomic E-state index is 11.5. The van der Waals surface area contributed by atoms with Gasteiger partial charge >= 0.3 is 5.97 Å². The van der Waals surface area contributed by atoms with Crippen molar-refractivity contribution in [3.63, 3.8) is 0 Å². The molecule has 7 nitrogen and oxygen atoms in total. The van der Waals surface area contributed by atoms with Crippen molar-refractivity contribution >= 4 is 22.7 Å². The average molecular weight is 366 g/mol. The third-order valence-electron chi connectivity index (χ3n) is 4.27. The first kappa shape index (κ1) is 18.6. The van der Waals surface area contributed by atoms with E-state index in [9.17, 15) is 9.90 Å². The third kappa shape index (κ3) is 3.98. The highest BCUT2D eigenvalue weighted by atomic mass is 16.5. The van der Waals surface area contributed by atoms with Crippen LogP contribution in [0.2, 0.25) is 0 Å². The number of likely N-dealkylation sites (N-methyl/N-ethyl adjacent to an activating group) is 1. The smallest absolute Gasteiger partial charge is 0.337 e. The molecule has 3 rings (SSSR count). The molecular formula is C20H22N4O3. The summed E-state index contributed by atoms with van der Waals surface area (Å²) in [4.78, 5) is 22.1. The van der Waals surface area contributed by atoms with Gasteiger partial charge in [0, 0.05) is 17.5 Å². The van der Waals surface area contributed by atoms with E-state index in [4.69, 9.17) is 4.74 Å². The number of ether oxygens (including phenoxy) is 1. The van der Waals surface area contributed by atoms with Crippen LogP contribution in [0.3, 0.4) is 0 Å². The van der Waals surface area contributed by atoms with Crippen LogP contribution in [0.15, 0.2) is 48.8 Å². The second kappa shape index (κ2) is 8.01. The Bertz CT molecular complexity index is 959. The van der Waals surface area contributed by atoms with Gasteiger partial charge in [0.15, 0.2) is 0 Å². The molecule has 1 aromatic heterocycles. The van der Waals surface area contributed by atoms with Crippen molar-refractivity contribution in [2.24, 2.45) is 0 Å². The van der Waals surface area contributed by atoms with Crippen molar-refractivity contribution in [2.75, 3.05) is 33.1 Å². The van der Waals surface area contributed by atoms with Gasteiger partial charge < -0.3 is 20.1 Å². The van der Waals surface area contributed by atoms with Gasteiger partial charge in [-0.25, -0.2) is 14.8 Å². The van der Waals surface area contributed by atoms with E-state index >= 15 is 0 Å². The lowest BCUT2D eigenvalue weighted by molar-refractivity contribution is 0.0699. The highest BCUT2D eigenvalue weighted by Crippen LogP contribution is 2.30. The zero-order valence-electron chi connectivity index (χ0n) is 15.5. The van der Waals surface area contributed by atoms with Gasteiger partial charge in [0.1, 0.15) is 17.9 Å². The van der Waals surface area contributed by atoms with Gasteiger partial charge in [-0.05, 0) is 32.3 Å². The quantitative estimate of drug-likeness (QED) is 0.664. The van der Waals surface area contributed by atoms with Gasteiger partial charge in [-0.15, -0.1) is 0 Å². The largest absolute Gasteiger partial charge is 0.496 e. The number of aromatic carboxylic acids is 1. The predicted molar refractivity (Wildman–Crippen MR) is 104 cm³/mol. The van der Waals surface area contributed by atoms with E-state index in [-0.39, 0.29) is 11.6 Å². The molecule has 140 valence electrons. The lowest BCUT2D eigenvalue weighted by atomic mass is 10.0. The van der Waals surface area contributed by atoms with Crippen molar-refractivity contribution in [1.82, 2.24) is 14.9 Å². The van der Waals surface area contributed by atoms with Crippen LogP contribution in [0.25, 0.3) is 10.9 Å². The summed E-state index contributed by atoms with van der Waals surface area (Å²) in [7, 11) is 5.63. The number of carboxylic acid groups (broad SMARTS) is 1. The van der Waals surface area contributed by atoms with Crippen molar-refractivity contribution in [3.8, 4) is 5.75 Å². The molecule has 7 heteroatoms. The summed E-state index contributed by atoms with van der Waals surface area (Å²) in [6, 6.07) is 12.8. The van der Waals surface area contributed by atoms with E-state index in [0.717, 1.165) is 11.3 Å². The number of anilines is 1. The van der Waals surface area contributed by atoms with Gasteiger partial charge in [-0.1, -0.05) is 24.3 Å². The Labute approximate surface area is 157 Å². The second-order valence-corrected chi connectivity index (χ2v) is 6.43. The fraction of sp³-hybridized carbons (Fsp3) is 0.250. The van der Waals surface area contributed by atoms with Gasteiger partial charge in [0.05, 0.1) is 24.2 Å². The molecule has 1 heterocycles. The van der Waals surface area contributed by atoms with E-state index in [1.807, 2.05) is 44.4 Å². The lowest BCUT2D eigenvalue weighted by Crippen LogP contribution is -2.26. The molecule has 0 spiro atoms. The number of rotatable bonds is 7. The van der Waals surface area contributed by atoms with Gasteiger partial charge in [-0.2, -0.15) is 0 Å². The first-order valence-electron chi connectivity index (χ1n) is 8.52. The minimum absolute atomic E-state index is 0.109. The SMILES string of the molecule is COc1ccccc1C(CN(C)C)Nc1ncnc2c(C(=O)O)cccc12. The molecule has 27 heavy (non-hydrogen) atoms. The van der Waals surface area contributed by atoms with Crippen molar-refractivity contribution in [3.05, 3.63) is 59.9 Å². The maximum Gasteiger partial charge on any atom is 0.337 e. The first-order chi connectivity index (χ1) is 13.0. The molecule has 2 aromatic carbocycles. The van der Waals surface area contributed by atoms with Crippen LogP contribution in [0.1, 0.15) is 22.0 Å². The molecular weight excluding hydrogens is 344 g/mol. The van der Waals surface area contributed by atoms with Gasteiger partial charge in [0.25, 0.3) is 0 Å². The Balaban J connectivity index is 2.07. The van der Waals surface area contributed by atoms with Crippen LogP contribution in [-0.2, 0) is 0 Å². The number of aromatic nitrogens is 2. The van der Waals surface area contributed by atoms with E-state index in [1.165, 1.54) is 6.33 Å². The van der Waals surface area contributed by atoms with Gasteiger partial charge in [0.2, 0.25) is 0 Å². The van der Waals surface area contributed by atoms with Crippen molar-refractivity contribution in [2.45, 2.75) is 6.04 Å². The Kier molecular flexibility index (Phi) is 5.52. The summed E-state index contributed by atoms with van der Waals surface area (Å²) in [5.41, 5.74) is 1.56. The van der Waals surface area contributed by atoms with Crippen LogP contribution < -0.4 is 10.1 Å². The van der Waals surface area contributed by atoms with E-state index in [0.29, 0.717) is 23.3 Å². The summed E-state index contributed by atoms with van der Waals surface area (Å²) in [5, 5.41) is 13.5. The molecule has 0 aliphatic heterocycles. The molecule has 0 amide bonds. The molecule has 0 aliphatic rings. The number of hydrogen-bond donors (Lipinski definition) is 2. The number of carbonyl (C=O) groups is 1. The predicted octanol–water partition coefficient (Wildman–Crippen LogP) is 3.05. The molecule has 1 unspecified atom stereocenters. The van der Waals surface area contributed by atoms with Crippen LogP contribution >= 0.6 is 0 Å². The second-order valence-electron chi connectivity index (χ2n) is 6.43. The number of carboxylic acids is 1. The molecule has 1 atom stereocenters. The topological polar surface area (TPSA) is 87.6 Å². The monoisotopic (exact) mass is 366 g/mol. The van der Waals surface area contributed by atoms with Crippen LogP contribution in [0.5, 0.6) is 5.75 Å². The Hall–Kier alpha value is -3.19. The van der Waals surface area contributed by atoms with Crippen LogP contribution in [0, 0.1) is 0 Å². The van der Waals surface area contributed by atoms with E-state index in [1.54, 1.807) is 19.2 Å². The number of benzene rings is 2. The molecule has 0 aliphatic carbocycles. The minimum Gasteiger partial charge on any atom is -0.496 e. The molecule has 3 aromatic rings.